The van der Waals surface area contributed by atoms with Gasteiger partial charge in [0.2, 0.25) is 8.32 Å². The first-order chi connectivity index (χ1) is 5.52. The smallest absolute Gasteiger partial charge is 0.292 e. The van der Waals surface area contributed by atoms with Crippen molar-refractivity contribution in [2.24, 2.45) is 0 Å². The Kier molecular flexibility index (Phi) is 5.21. The average Bonchev–Trinajstić information content (AvgIpc) is 2.00. The molecule has 12 heavy (non-hydrogen) atoms. The third kappa shape index (κ3) is 5.35. The normalized spacial score (nSPS) is 11.3. The highest BCUT2D eigenvalue weighted by Gasteiger charge is 2.23. The first-order valence-corrected chi connectivity index (χ1v) is 7.64. The summed E-state index contributed by atoms with van der Waals surface area (Å²) in [5, 5.41) is 0. The van der Waals surface area contributed by atoms with E-state index in [4.69, 9.17) is 4.43 Å². The molecular weight excluding hydrogens is 168 g/mol. The molecule has 0 aliphatic carbocycles. The predicted octanol–water partition coefficient (Wildman–Crippen LogP) is 2.76. The van der Waals surface area contributed by atoms with Gasteiger partial charge in [0.1, 0.15) is 0 Å². The van der Waals surface area contributed by atoms with Crippen LogP contribution in [0.15, 0.2) is 0 Å². The predicted molar refractivity (Wildman–Crippen MR) is 53.3 cm³/mol. The van der Waals surface area contributed by atoms with Crippen molar-refractivity contribution < 1.29 is 9.22 Å². The van der Waals surface area contributed by atoms with Crippen molar-refractivity contribution in [3.63, 3.8) is 0 Å². The lowest BCUT2D eigenvalue weighted by atomic mass is 10.3. The van der Waals surface area contributed by atoms with E-state index in [0.717, 1.165) is 18.9 Å². The Balaban J connectivity index is 3.68. The molecule has 0 aromatic rings. The quantitative estimate of drug-likeness (QED) is 0.619. The van der Waals surface area contributed by atoms with E-state index in [1.54, 1.807) is 0 Å². The zero-order chi connectivity index (χ0) is 9.61. The second kappa shape index (κ2) is 5.35. The summed E-state index contributed by atoms with van der Waals surface area (Å²) in [7, 11) is -1.66. The van der Waals surface area contributed by atoms with Crippen molar-refractivity contribution in [1.82, 2.24) is 0 Å². The zero-order valence-electron chi connectivity index (χ0n) is 8.35. The molecule has 0 saturated carbocycles. The van der Waals surface area contributed by atoms with Gasteiger partial charge >= 0.3 is 0 Å². The maximum Gasteiger partial charge on any atom is 0.292 e. The third-order valence-corrected chi connectivity index (χ3v) is 4.36. The maximum atomic E-state index is 11.2. The van der Waals surface area contributed by atoms with Crippen LogP contribution in [0.1, 0.15) is 26.2 Å². The molecule has 0 N–H and O–H groups in total. The summed E-state index contributed by atoms with van der Waals surface area (Å²) >= 11 is 0. The molecule has 0 aromatic heterocycles. The lowest BCUT2D eigenvalue weighted by Gasteiger charge is -2.20. The van der Waals surface area contributed by atoms with Gasteiger partial charge in [-0.25, -0.2) is 0 Å². The number of carbonyl (C=O) groups excluding carboxylic acids is 1. The van der Waals surface area contributed by atoms with Crippen molar-refractivity contribution in [3.05, 3.63) is 6.92 Å². The fourth-order valence-corrected chi connectivity index (χ4v) is 1.56. The lowest BCUT2D eigenvalue weighted by molar-refractivity contribution is -0.135. The molecule has 0 spiro atoms. The molecule has 3 heteroatoms. The van der Waals surface area contributed by atoms with Gasteiger partial charge in [0.05, 0.1) is 0 Å². The monoisotopic (exact) mass is 187 g/mol. The van der Waals surface area contributed by atoms with Gasteiger partial charge in [-0.05, 0) is 25.6 Å². The molecule has 0 bridgehead atoms. The van der Waals surface area contributed by atoms with Crippen LogP contribution in [-0.2, 0) is 9.22 Å². The van der Waals surface area contributed by atoms with Crippen molar-refractivity contribution in [2.75, 3.05) is 0 Å². The van der Waals surface area contributed by atoms with Crippen LogP contribution < -0.4 is 0 Å². The summed E-state index contributed by atoms with van der Waals surface area (Å²) in [4.78, 5) is 11.2. The highest BCUT2D eigenvalue weighted by Crippen LogP contribution is 2.11. The Morgan fingerprint density at radius 3 is 2.50 bits per heavy atom. The van der Waals surface area contributed by atoms with Gasteiger partial charge in [-0.1, -0.05) is 20.3 Å². The minimum Gasteiger partial charge on any atom is -0.520 e. The third-order valence-electron chi connectivity index (χ3n) is 1.87. The maximum absolute atomic E-state index is 11.2. The molecule has 2 nitrogen and oxygen atoms in total. The van der Waals surface area contributed by atoms with Crippen LogP contribution in [0.25, 0.3) is 0 Å². The fraction of sp³-hybridized carbons (Fsp3) is 0.778. The van der Waals surface area contributed by atoms with Crippen LogP contribution in [0, 0.1) is 6.92 Å². The Bertz CT molecular complexity index is 143. The molecule has 0 saturated heterocycles. The van der Waals surface area contributed by atoms with Crippen LogP contribution >= 0.6 is 0 Å². The first-order valence-electron chi connectivity index (χ1n) is 4.53. The van der Waals surface area contributed by atoms with Crippen LogP contribution in [0.3, 0.4) is 0 Å². The molecule has 71 valence electrons. The van der Waals surface area contributed by atoms with E-state index in [-0.39, 0.29) is 5.97 Å². The largest absolute Gasteiger partial charge is 0.520 e. The molecule has 0 atom stereocenters. The highest BCUT2D eigenvalue weighted by molar-refractivity contribution is 6.72. The highest BCUT2D eigenvalue weighted by atomic mass is 28.4. The Morgan fingerprint density at radius 2 is 2.08 bits per heavy atom. The van der Waals surface area contributed by atoms with Crippen LogP contribution in [0.4, 0.5) is 0 Å². The number of hydrogen-bond donors (Lipinski definition) is 0. The number of hydrogen-bond acceptors (Lipinski definition) is 2. The molecule has 1 radical (unpaired) electrons. The summed E-state index contributed by atoms with van der Waals surface area (Å²) in [6.07, 6.45) is 2.18. The fourth-order valence-electron chi connectivity index (χ4n) is 0.701. The van der Waals surface area contributed by atoms with E-state index in [1.165, 1.54) is 0 Å². The van der Waals surface area contributed by atoms with E-state index < -0.39 is 8.32 Å². The molecule has 0 aliphatic rings. The second-order valence-electron chi connectivity index (χ2n) is 3.54. The number of rotatable bonds is 5. The second-order valence-corrected chi connectivity index (χ2v) is 7.98. The summed E-state index contributed by atoms with van der Waals surface area (Å²) in [5.74, 6) is -0.0443. The van der Waals surface area contributed by atoms with Gasteiger partial charge in [-0.3, -0.25) is 4.79 Å². The first kappa shape index (κ1) is 11.7. The molecule has 0 fully saturated rings. The van der Waals surface area contributed by atoms with Gasteiger partial charge in [-0.15, -0.1) is 0 Å². The summed E-state index contributed by atoms with van der Waals surface area (Å²) in [5.41, 5.74) is 0. The Labute approximate surface area is 76.4 Å². The zero-order valence-corrected chi connectivity index (χ0v) is 9.35. The van der Waals surface area contributed by atoms with Crippen LogP contribution in [0.5, 0.6) is 0 Å². The van der Waals surface area contributed by atoms with Crippen molar-refractivity contribution >= 4 is 14.3 Å². The number of unbranched alkanes of at least 4 members (excludes halogenated alkanes) is 1. The van der Waals surface area contributed by atoms with Gasteiger partial charge in [0.25, 0.3) is 5.97 Å². The molecular formula is C9H19O2Si. The van der Waals surface area contributed by atoms with Crippen molar-refractivity contribution in [3.8, 4) is 0 Å². The standard InChI is InChI=1S/C9H19O2Si/c1-5-7-8-9(10)11-12(3,4)6-2/h1,5-8H2,2-4H3. The number of carbonyl (C=O) groups is 1. The molecule has 0 heterocycles. The lowest BCUT2D eigenvalue weighted by Crippen LogP contribution is -2.32. The minimum absolute atomic E-state index is 0.0443. The van der Waals surface area contributed by atoms with E-state index in [2.05, 4.69) is 26.9 Å². The summed E-state index contributed by atoms with van der Waals surface area (Å²) in [6, 6.07) is 0.989. The average molecular weight is 187 g/mol. The minimum atomic E-state index is -1.66. The van der Waals surface area contributed by atoms with Crippen molar-refractivity contribution in [1.29, 1.82) is 0 Å². The Morgan fingerprint density at radius 1 is 1.50 bits per heavy atom. The summed E-state index contributed by atoms with van der Waals surface area (Å²) in [6.45, 7) is 9.88. The van der Waals surface area contributed by atoms with E-state index >= 15 is 0 Å². The molecule has 0 unspecified atom stereocenters. The molecule has 0 rings (SSSR count). The topological polar surface area (TPSA) is 26.3 Å². The van der Waals surface area contributed by atoms with Gasteiger partial charge in [0, 0.05) is 6.42 Å². The van der Waals surface area contributed by atoms with Crippen LogP contribution in [0.2, 0.25) is 19.1 Å². The van der Waals surface area contributed by atoms with Crippen molar-refractivity contribution in [2.45, 2.75) is 45.3 Å². The van der Waals surface area contributed by atoms with E-state index in [0.29, 0.717) is 6.42 Å². The van der Waals surface area contributed by atoms with Crippen LogP contribution in [-0.4, -0.2) is 14.3 Å². The molecule has 0 amide bonds. The van der Waals surface area contributed by atoms with Gasteiger partial charge < -0.3 is 4.43 Å². The molecule has 0 aromatic carbocycles. The van der Waals surface area contributed by atoms with E-state index in [9.17, 15) is 4.79 Å². The van der Waals surface area contributed by atoms with Gasteiger partial charge in [0.15, 0.2) is 0 Å². The SMILES string of the molecule is [CH2]CCCC(=O)O[Si](C)(C)CC. The molecule has 0 aliphatic heterocycles. The van der Waals surface area contributed by atoms with E-state index in [1.807, 2.05) is 0 Å². The van der Waals surface area contributed by atoms with Gasteiger partial charge in [-0.2, -0.15) is 0 Å². The Hall–Kier alpha value is -0.313. The summed E-state index contributed by atoms with van der Waals surface area (Å²) < 4.78 is 5.36.